The lowest BCUT2D eigenvalue weighted by Crippen LogP contribution is -3.17. The fourth-order valence-electron chi connectivity index (χ4n) is 3.08. The highest BCUT2D eigenvalue weighted by Crippen LogP contribution is 2.18. The molecule has 0 spiro atoms. The molecule has 0 saturated carbocycles. The van der Waals surface area contributed by atoms with Crippen molar-refractivity contribution in [3.05, 3.63) is 24.3 Å². The molecule has 2 N–H and O–H groups in total. The maximum atomic E-state index is 12.4. The van der Waals surface area contributed by atoms with Gasteiger partial charge in [-0.25, -0.2) is 8.42 Å². The Hall–Kier alpha value is -1.44. The Morgan fingerprint density at radius 3 is 2.48 bits per heavy atom. The van der Waals surface area contributed by atoms with Crippen LogP contribution in [0.2, 0.25) is 0 Å². The number of carbonyl (C=O) groups excluding carboxylic acids is 1. The van der Waals surface area contributed by atoms with Crippen LogP contribution in [0.15, 0.2) is 29.2 Å². The summed E-state index contributed by atoms with van der Waals surface area (Å²) < 4.78 is 26.2. The standard InChI is InChI=1S/C18H29N3O3S/c1-14(2)20(4)25(23,24)17-10-8-16(9-11-17)19-18(22)13-21-12-6-5-7-15(21)3/h8-11,14-15H,5-7,12-13H2,1-4H3,(H,19,22)/p+1/t15-/m1/s1. The number of amides is 1. The number of quaternary nitrogens is 1. The summed E-state index contributed by atoms with van der Waals surface area (Å²) >= 11 is 0. The molecular formula is C18H30N3O3S+. The first-order valence-electron chi connectivity index (χ1n) is 8.94. The Morgan fingerprint density at radius 2 is 1.92 bits per heavy atom. The van der Waals surface area contributed by atoms with Crippen LogP contribution >= 0.6 is 0 Å². The van der Waals surface area contributed by atoms with Gasteiger partial charge in [0.15, 0.2) is 6.54 Å². The second-order valence-corrected chi connectivity index (χ2v) is 9.17. The van der Waals surface area contributed by atoms with Gasteiger partial charge in [-0.2, -0.15) is 4.31 Å². The lowest BCUT2D eigenvalue weighted by atomic mass is 10.0. The van der Waals surface area contributed by atoms with Gasteiger partial charge in [0.25, 0.3) is 5.91 Å². The van der Waals surface area contributed by atoms with Crippen molar-refractivity contribution in [3.8, 4) is 0 Å². The van der Waals surface area contributed by atoms with Crippen LogP contribution in [0.3, 0.4) is 0 Å². The third-order valence-corrected chi connectivity index (χ3v) is 7.06. The second-order valence-electron chi connectivity index (χ2n) is 7.17. The number of hydrogen-bond acceptors (Lipinski definition) is 3. The molecule has 1 unspecified atom stereocenters. The summed E-state index contributed by atoms with van der Waals surface area (Å²) in [5.41, 5.74) is 0.625. The molecular weight excluding hydrogens is 338 g/mol. The van der Waals surface area contributed by atoms with Crippen LogP contribution in [0.25, 0.3) is 0 Å². The van der Waals surface area contributed by atoms with Crippen LogP contribution in [0.5, 0.6) is 0 Å². The smallest absolute Gasteiger partial charge is 0.279 e. The summed E-state index contributed by atoms with van der Waals surface area (Å²) in [5.74, 6) is -0.0290. The van der Waals surface area contributed by atoms with E-state index in [1.807, 2.05) is 13.8 Å². The van der Waals surface area contributed by atoms with E-state index in [4.69, 9.17) is 0 Å². The molecule has 2 rings (SSSR count). The van der Waals surface area contributed by atoms with Crippen molar-refractivity contribution in [3.63, 3.8) is 0 Å². The van der Waals surface area contributed by atoms with Gasteiger partial charge in [0.05, 0.1) is 17.5 Å². The van der Waals surface area contributed by atoms with E-state index in [0.717, 1.165) is 6.54 Å². The minimum absolute atomic E-state index is 0.0290. The summed E-state index contributed by atoms with van der Waals surface area (Å²) in [6, 6.07) is 6.78. The topological polar surface area (TPSA) is 70.9 Å². The van der Waals surface area contributed by atoms with Crippen LogP contribution in [0.4, 0.5) is 5.69 Å². The summed E-state index contributed by atoms with van der Waals surface area (Å²) in [7, 11) is -1.93. The molecule has 0 radical (unpaired) electrons. The van der Waals surface area contributed by atoms with E-state index in [-0.39, 0.29) is 16.8 Å². The van der Waals surface area contributed by atoms with Gasteiger partial charge in [-0.15, -0.1) is 0 Å². The molecule has 2 atom stereocenters. The van der Waals surface area contributed by atoms with E-state index in [2.05, 4.69) is 12.2 Å². The van der Waals surface area contributed by atoms with Crippen molar-refractivity contribution in [2.24, 2.45) is 0 Å². The molecule has 0 aliphatic carbocycles. The molecule has 1 amide bonds. The van der Waals surface area contributed by atoms with E-state index in [0.29, 0.717) is 18.3 Å². The lowest BCUT2D eigenvalue weighted by Gasteiger charge is -2.29. The highest BCUT2D eigenvalue weighted by Gasteiger charge is 2.25. The van der Waals surface area contributed by atoms with Gasteiger partial charge in [-0.1, -0.05) is 0 Å². The van der Waals surface area contributed by atoms with Gasteiger partial charge in [0.1, 0.15) is 0 Å². The maximum Gasteiger partial charge on any atom is 0.279 e. The Labute approximate surface area is 151 Å². The number of sulfonamides is 1. The Balaban J connectivity index is 1.99. The van der Waals surface area contributed by atoms with Crippen LogP contribution in [-0.2, 0) is 14.8 Å². The first-order valence-corrected chi connectivity index (χ1v) is 10.4. The van der Waals surface area contributed by atoms with E-state index in [9.17, 15) is 13.2 Å². The number of benzene rings is 1. The average Bonchev–Trinajstić information content (AvgIpc) is 2.56. The van der Waals surface area contributed by atoms with Crippen LogP contribution in [-0.4, -0.2) is 50.9 Å². The molecule has 140 valence electrons. The fraction of sp³-hybridized carbons (Fsp3) is 0.611. The third kappa shape index (κ3) is 5.03. The molecule has 1 saturated heterocycles. The Bertz CT molecular complexity index is 686. The molecule has 1 fully saturated rings. The number of piperidine rings is 1. The van der Waals surface area contributed by atoms with Gasteiger partial charge in [0.2, 0.25) is 10.0 Å². The maximum absolute atomic E-state index is 12.4. The van der Waals surface area contributed by atoms with E-state index < -0.39 is 10.0 Å². The molecule has 7 heteroatoms. The SMILES string of the molecule is CC(C)N(C)S(=O)(=O)c1ccc(NC(=O)C[NH+]2CCCC[C@H]2C)cc1. The largest absolute Gasteiger partial charge is 0.325 e. The van der Waals surface area contributed by atoms with E-state index in [1.165, 1.54) is 28.5 Å². The minimum atomic E-state index is -3.50. The number of carbonyl (C=O) groups is 1. The van der Waals surface area contributed by atoms with Crippen molar-refractivity contribution >= 4 is 21.6 Å². The van der Waals surface area contributed by atoms with E-state index in [1.54, 1.807) is 31.3 Å². The number of rotatable bonds is 6. The van der Waals surface area contributed by atoms with Gasteiger partial charge in [-0.05, 0) is 64.3 Å². The first-order chi connectivity index (χ1) is 11.7. The number of hydrogen-bond donors (Lipinski definition) is 2. The van der Waals surface area contributed by atoms with Gasteiger partial charge >= 0.3 is 0 Å². The Morgan fingerprint density at radius 1 is 1.28 bits per heavy atom. The van der Waals surface area contributed by atoms with Crippen molar-refractivity contribution in [2.45, 2.75) is 57.0 Å². The van der Waals surface area contributed by atoms with Crippen LogP contribution in [0, 0.1) is 0 Å². The number of likely N-dealkylation sites (tertiary alicyclic amines) is 1. The fourth-order valence-corrected chi connectivity index (χ4v) is 4.45. The molecule has 1 aromatic rings. The average molecular weight is 369 g/mol. The lowest BCUT2D eigenvalue weighted by molar-refractivity contribution is -0.920. The van der Waals surface area contributed by atoms with E-state index >= 15 is 0 Å². The number of nitrogens with zero attached hydrogens (tertiary/aromatic N) is 1. The highest BCUT2D eigenvalue weighted by molar-refractivity contribution is 7.89. The number of anilines is 1. The first kappa shape index (κ1) is 19.9. The zero-order valence-corrected chi connectivity index (χ0v) is 16.4. The van der Waals surface area contributed by atoms with Crippen molar-refractivity contribution < 1.29 is 18.1 Å². The third-order valence-electron chi connectivity index (χ3n) is 5.01. The zero-order chi connectivity index (χ0) is 18.6. The number of nitrogens with one attached hydrogen (secondary N) is 2. The predicted molar refractivity (Wildman–Crippen MR) is 99.2 cm³/mol. The molecule has 1 aliphatic rings. The molecule has 1 aromatic carbocycles. The van der Waals surface area contributed by atoms with Gasteiger partial charge in [0, 0.05) is 18.8 Å². The van der Waals surface area contributed by atoms with Crippen LogP contribution in [0.1, 0.15) is 40.0 Å². The quantitative estimate of drug-likeness (QED) is 0.790. The normalized spacial score (nSPS) is 21.5. The molecule has 0 bridgehead atoms. The summed E-state index contributed by atoms with van der Waals surface area (Å²) in [6.07, 6.45) is 3.58. The second kappa shape index (κ2) is 8.29. The molecule has 6 nitrogen and oxygen atoms in total. The predicted octanol–water partition coefficient (Wildman–Crippen LogP) is 1.11. The highest BCUT2D eigenvalue weighted by atomic mass is 32.2. The zero-order valence-electron chi connectivity index (χ0n) is 15.6. The van der Waals surface area contributed by atoms with Crippen molar-refractivity contribution in [2.75, 3.05) is 25.5 Å². The Kier molecular flexibility index (Phi) is 6.59. The van der Waals surface area contributed by atoms with Crippen molar-refractivity contribution in [1.29, 1.82) is 0 Å². The minimum Gasteiger partial charge on any atom is -0.325 e. The van der Waals surface area contributed by atoms with Gasteiger partial charge in [-0.3, -0.25) is 4.79 Å². The molecule has 0 aromatic heterocycles. The monoisotopic (exact) mass is 368 g/mol. The van der Waals surface area contributed by atoms with Crippen LogP contribution < -0.4 is 10.2 Å². The summed E-state index contributed by atoms with van der Waals surface area (Å²) in [6.45, 7) is 7.34. The summed E-state index contributed by atoms with van der Waals surface area (Å²) in [4.78, 5) is 13.8. The summed E-state index contributed by atoms with van der Waals surface area (Å²) in [5, 5.41) is 2.87. The van der Waals surface area contributed by atoms with Gasteiger partial charge < -0.3 is 10.2 Å². The van der Waals surface area contributed by atoms with Crippen molar-refractivity contribution in [1.82, 2.24) is 4.31 Å². The molecule has 1 aliphatic heterocycles. The molecule has 1 heterocycles. The molecule has 25 heavy (non-hydrogen) atoms.